The first-order valence-corrected chi connectivity index (χ1v) is 15.1. The van der Waals surface area contributed by atoms with Crippen LogP contribution in [0.5, 0.6) is 5.75 Å². The fourth-order valence-corrected chi connectivity index (χ4v) is 5.87. The zero-order valence-electron chi connectivity index (χ0n) is 23.3. The number of aromatic nitrogens is 4. The molecule has 1 aliphatic rings. The normalized spacial score (nSPS) is 22.4. The Bertz CT molecular complexity index is 1470. The maximum absolute atomic E-state index is 13.9. The molecule has 42 heavy (non-hydrogen) atoms. The number of aliphatic hydroxyl groups is 1. The number of fused-ring (bicyclic) bond motifs is 1. The Morgan fingerprint density at radius 2 is 2.12 bits per heavy atom. The van der Waals surface area contributed by atoms with Gasteiger partial charge in [-0.1, -0.05) is 50.3 Å². The number of benzene rings is 1. The smallest absolute Gasteiger partial charge is 0.459 e. The minimum absolute atomic E-state index is 0.0349. The van der Waals surface area contributed by atoms with Crippen LogP contribution in [0, 0.1) is 18.4 Å². The molecule has 13 nitrogen and oxygen atoms in total. The average Bonchev–Trinajstić information content (AvgIpc) is 3.53. The van der Waals surface area contributed by atoms with E-state index in [1.165, 1.54) is 17.8 Å². The average molecular weight is 605 g/mol. The van der Waals surface area contributed by atoms with Crippen LogP contribution in [0.3, 0.4) is 0 Å². The summed E-state index contributed by atoms with van der Waals surface area (Å²) < 4.78 is 51.9. The van der Waals surface area contributed by atoms with Gasteiger partial charge in [-0.15, -0.1) is 6.42 Å². The van der Waals surface area contributed by atoms with Crippen molar-refractivity contribution in [2.75, 3.05) is 18.9 Å². The van der Waals surface area contributed by atoms with Gasteiger partial charge in [-0.05, 0) is 25.5 Å². The van der Waals surface area contributed by atoms with Crippen molar-refractivity contribution in [1.29, 1.82) is 0 Å². The number of esters is 1. The molecule has 0 amide bonds. The van der Waals surface area contributed by atoms with Gasteiger partial charge < -0.3 is 24.8 Å². The lowest BCUT2D eigenvalue weighted by Gasteiger charge is -2.29. The standard InChI is InChI=1S/C27H34FN6O7P/c1-4-6-7-11-14-38-25(36)18(3)33-42(37,41-19-12-9-8-10-13-19)39-16-27(5-2)20(35)15-21(40-27)34-17-30-22-23(29)31-26(28)32-24(22)34/h2,8-10,12-13,17-18,20-21,35H,4,6-7,11,14-16H2,1,3H3,(H,33,37)(H2,29,31,32)/t18-,20-,21+,27+,42-/m0/s1. The molecular weight excluding hydrogens is 570 g/mol. The number of imidazole rings is 1. The molecule has 0 spiro atoms. The Kier molecular flexibility index (Phi) is 10.1. The first-order valence-electron chi connectivity index (χ1n) is 13.5. The molecule has 1 aliphatic heterocycles. The molecule has 1 fully saturated rings. The highest BCUT2D eigenvalue weighted by Gasteiger charge is 2.50. The van der Waals surface area contributed by atoms with Crippen molar-refractivity contribution in [3.05, 3.63) is 42.7 Å². The van der Waals surface area contributed by atoms with Crippen LogP contribution in [-0.4, -0.2) is 61.6 Å². The molecule has 0 bridgehead atoms. The van der Waals surface area contributed by atoms with Gasteiger partial charge in [0.05, 0.1) is 12.9 Å². The first-order chi connectivity index (χ1) is 20.1. The molecule has 4 N–H and O–H groups in total. The number of nitrogen functional groups attached to an aromatic ring is 1. The van der Waals surface area contributed by atoms with E-state index in [4.69, 9.17) is 30.7 Å². The van der Waals surface area contributed by atoms with Gasteiger partial charge in [0.2, 0.25) is 0 Å². The maximum atomic E-state index is 13.9. The summed E-state index contributed by atoms with van der Waals surface area (Å²) in [7, 11) is -4.31. The van der Waals surface area contributed by atoms with Gasteiger partial charge in [0.25, 0.3) is 0 Å². The summed E-state index contributed by atoms with van der Waals surface area (Å²) in [5.74, 6) is 1.77. The maximum Gasteiger partial charge on any atom is 0.459 e. The molecule has 3 aromatic rings. The van der Waals surface area contributed by atoms with E-state index in [1.54, 1.807) is 30.3 Å². The number of rotatable bonds is 14. The largest absolute Gasteiger partial charge is 0.465 e. The first kappa shape index (κ1) is 31.3. The number of aliphatic hydroxyl groups excluding tert-OH is 1. The lowest BCUT2D eigenvalue weighted by atomic mass is 9.99. The number of carbonyl (C=O) groups is 1. The predicted molar refractivity (Wildman–Crippen MR) is 150 cm³/mol. The molecule has 0 unspecified atom stereocenters. The van der Waals surface area contributed by atoms with E-state index < -0.39 is 50.4 Å². The second kappa shape index (κ2) is 13.6. The highest BCUT2D eigenvalue weighted by molar-refractivity contribution is 7.52. The summed E-state index contributed by atoms with van der Waals surface area (Å²) >= 11 is 0. The molecule has 15 heteroatoms. The molecule has 0 radical (unpaired) electrons. The van der Waals surface area contributed by atoms with Gasteiger partial charge >= 0.3 is 19.8 Å². The second-order valence-corrected chi connectivity index (χ2v) is 11.5. The van der Waals surface area contributed by atoms with Crippen LogP contribution in [-0.2, 0) is 23.4 Å². The minimum atomic E-state index is -4.31. The van der Waals surface area contributed by atoms with Gasteiger partial charge in [-0.25, -0.2) is 9.55 Å². The van der Waals surface area contributed by atoms with Crippen molar-refractivity contribution >= 4 is 30.7 Å². The van der Waals surface area contributed by atoms with Crippen molar-refractivity contribution in [3.63, 3.8) is 0 Å². The summed E-state index contributed by atoms with van der Waals surface area (Å²) in [5, 5.41) is 13.6. The zero-order chi connectivity index (χ0) is 30.3. The summed E-state index contributed by atoms with van der Waals surface area (Å²) in [4.78, 5) is 23.9. The second-order valence-electron chi connectivity index (χ2n) is 9.81. The van der Waals surface area contributed by atoms with E-state index in [1.807, 2.05) is 0 Å². The predicted octanol–water partition coefficient (Wildman–Crippen LogP) is 3.50. The molecule has 4 rings (SSSR count). The van der Waals surface area contributed by atoms with Crippen LogP contribution in [0.1, 0.15) is 52.2 Å². The topological polar surface area (TPSA) is 173 Å². The molecular formula is C27H34FN6O7P. The quantitative estimate of drug-likeness (QED) is 0.0805. The third-order valence-corrected chi connectivity index (χ3v) is 8.27. The van der Waals surface area contributed by atoms with Crippen molar-refractivity contribution in [1.82, 2.24) is 24.6 Å². The van der Waals surface area contributed by atoms with Crippen LogP contribution in [0.15, 0.2) is 36.7 Å². The van der Waals surface area contributed by atoms with Crippen LogP contribution in [0.25, 0.3) is 11.2 Å². The number of para-hydroxylation sites is 1. The molecule has 1 saturated heterocycles. The van der Waals surface area contributed by atoms with Gasteiger partial charge in [-0.3, -0.25) is 13.9 Å². The number of ether oxygens (including phenoxy) is 2. The Balaban J connectivity index is 1.50. The Morgan fingerprint density at radius 3 is 2.83 bits per heavy atom. The number of terminal acetylenes is 1. The molecule has 3 heterocycles. The van der Waals surface area contributed by atoms with E-state index in [0.29, 0.717) is 6.42 Å². The minimum Gasteiger partial charge on any atom is -0.465 e. The van der Waals surface area contributed by atoms with Crippen LogP contribution in [0.2, 0.25) is 0 Å². The molecule has 226 valence electrons. The number of nitrogens with two attached hydrogens (primary N) is 1. The van der Waals surface area contributed by atoms with Crippen LogP contribution < -0.4 is 15.3 Å². The zero-order valence-corrected chi connectivity index (χ0v) is 24.2. The van der Waals surface area contributed by atoms with E-state index in [-0.39, 0.29) is 35.8 Å². The van der Waals surface area contributed by atoms with Crippen molar-refractivity contribution in [3.8, 4) is 18.1 Å². The summed E-state index contributed by atoms with van der Waals surface area (Å²) in [6.45, 7) is 3.16. The SMILES string of the molecule is C#C[C@]1(CO[P@@](=O)(N[C@@H](C)C(=O)OCCCCCC)Oc2ccccc2)O[C@@H](n2cnc3c(N)nc(F)nc32)C[C@@H]1O. The van der Waals surface area contributed by atoms with E-state index in [2.05, 4.69) is 32.9 Å². The van der Waals surface area contributed by atoms with Crippen molar-refractivity contribution in [2.45, 2.75) is 69.9 Å². The summed E-state index contributed by atoms with van der Waals surface area (Å²) in [5.41, 5.74) is 4.11. The van der Waals surface area contributed by atoms with E-state index in [0.717, 1.165) is 19.3 Å². The summed E-state index contributed by atoms with van der Waals surface area (Å²) in [6.07, 6.45) is 7.39. The number of anilines is 1. The van der Waals surface area contributed by atoms with Crippen molar-refractivity contribution < 1.29 is 37.4 Å². The highest BCUT2D eigenvalue weighted by Crippen LogP contribution is 2.48. The Labute approximate surface area is 242 Å². The van der Waals surface area contributed by atoms with Gasteiger partial charge in [0, 0.05) is 6.42 Å². The molecule has 5 atom stereocenters. The number of nitrogens with zero attached hydrogens (tertiary/aromatic N) is 4. The fraction of sp³-hybridized carbons (Fsp3) is 0.481. The Hall–Kier alpha value is -3.60. The van der Waals surface area contributed by atoms with Crippen LogP contribution in [0.4, 0.5) is 10.2 Å². The number of hydrogen-bond donors (Lipinski definition) is 3. The number of hydrogen-bond acceptors (Lipinski definition) is 11. The van der Waals surface area contributed by atoms with E-state index in [9.17, 15) is 18.9 Å². The summed E-state index contributed by atoms with van der Waals surface area (Å²) in [6, 6.07) is 7.11. The molecule has 2 aromatic heterocycles. The Morgan fingerprint density at radius 1 is 1.36 bits per heavy atom. The lowest BCUT2D eigenvalue weighted by molar-refractivity contribution is -0.145. The van der Waals surface area contributed by atoms with Crippen molar-refractivity contribution in [2.24, 2.45) is 0 Å². The number of unbranched alkanes of at least 4 members (excludes halogenated alkanes) is 3. The third kappa shape index (κ3) is 7.24. The van der Waals surface area contributed by atoms with Gasteiger partial charge in [0.15, 0.2) is 22.6 Å². The lowest BCUT2D eigenvalue weighted by Crippen LogP contribution is -2.43. The number of nitrogens with one attached hydrogen (secondary N) is 1. The molecule has 0 aliphatic carbocycles. The third-order valence-electron chi connectivity index (χ3n) is 6.65. The van der Waals surface area contributed by atoms with Gasteiger partial charge in [-0.2, -0.15) is 19.4 Å². The van der Waals surface area contributed by atoms with Crippen LogP contribution >= 0.6 is 7.75 Å². The van der Waals surface area contributed by atoms with Gasteiger partial charge in [0.1, 0.15) is 30.7 Å². The monoisotopic (exact) mass is 604 g/mol. The molecule has 0 saturated carbocycles. The number of halogens is 1. The molecule has 1 aromatic carbocycles. The fourth-order valence-electron chi connectivity index (χ4n) is 4.35. The highest BCUT2D eigenvalue weighted by atomic mass is 31.2. The number of carbonyl (C=O) groups excluding carboxylic acids is 1. The van der Waals surface area contributed by atoms with E-state index >= 15 is 0 Å².